The number of aliphatic hydroxyl groups excluding tert-OH is 1. The summed E-state index contributed by atoms with van der Waals surface area (Å²) >= 11 is 0. The normalized spacial score (nSPS) is 15.4. The van der Waals surface area contributed by atoms with Crippen LogP contribution in [0.1, 0.15) is 22.3 Å². The van der Waals surface area contributed by atoms with Crippen molar-refractivity contribution in [2.45, 2.75) is 25.0 Å². The molecular formula is C27H30N2O6. The number of methoxy groups -OCH3 is 1. The van der Waals surface area contributed by atoms with Crippen LogP contribution in [0.4, 0.5) is 11.4 Å². The summed E-state index contributed by atoms with van der Waals surface area (Å²) in [5.74, 6) is 1.04. The summed E-state index contributed by atoms with van der Waals surface area (Å²) in [6.07, 6.45) is 1.14. The van der Waals surface area contributed by atoms with Crippen molar-refractivity contribution in [3.63, 3.8) is 0 Å². The van der Waals surface area contributed by atoms with E-state index in [1.807, 2.05) is 48.5 Å². The molecule has 3 aromatic carbocycles. The lowest BCUT2D eigenvalue weighted by molar-refractivity contribution is 0.0696. The predicted octanol–water partition coefficient (Wildman–Crippen LogP) is 3.86. The number of carboxylic acids is 1. The molecule has 1 heterocycles. The molecule has 1 aliphatic rings. The highest BCUT2D eigenvalue weighted by atomic mass is 16.5. The van der Waals surface area contributed by atoms with Crippen molar-refractivity contribution >= 4 is 17.3 Å². The fourth-order valence-electron chi connectivity index (χ4n) is 3.93. The Morgan fingerprint density at radius 1 is 1.14 bits per heavy atom. The fraction of sp³-hybridized carbons (Fsp3) is 0.296. The average Bonchev–Trinajstić information content (AvgIpc) is 2.88. The van der Waals surface area contributed by atoms with E-state index in [-0.39, 0.29) is 18.3 Å². The molecule has 0 bridgehead atoms. The van der Waals surface area contributed by atoms with Crippen molar-refractivity contribution in [2.75, 3.05) is 32.1 Å². The maximum absolute atomic E-state index is 11.2. The zero-order valence-electron chi connectivity index (χ0n) is 19.6. The van der Waals surface area contributed by atoms with Gasteiger partial charge in [0.25, 0.3) is 0 Å². The second-order valence-corrected chi connectivity index (χ2v) is 8.38. The number of para-hydroxylation sites is 1. The molecule has 4 rings (SSSR count). The average molecular weight is 479 g/mol. The Labute approximate surface area is 204 Å². The lowest BCUT2D eigenvalue weighted by Gasteiger charge is -2.27. The molecule has 184 valence electrons. The minimum Gasteiger partial charge on any atom is -0.495 e. The van der Waals surface area contributed by atoms with E-state index in [1.165, 1.54) is 19.2 Å². The largest absolute Gasteiger partial charge is 0.495 e. The van der Waals surface area contributed by atoms with E-state index in [1.54, 1.807) is 6.07 Å². The highest BCUT2D eigenvalue weighted by molar-refractivity contribution is 5.89. The number of aryl methyl sites for hydroxylation is 1. The summed E-state index contributed by atoms with van der Waals surface area (Å²) in [6.45, 7) is 1.28. The molecule has 4 N–H and O–H groups in total. The molecule has 2 atom stereocenters. The van der Waals surface area contributed by atoms with Gasteiger partial charge in [0.15, 0.2) is 0 Å². The molecule has 8 nitrogen and oxygen atoms in total. The zero-order valence-corrected chi connectivity index (χ0v) is 19.6. The van der Waals surface area contributed by atoms with Crippen molar-refractivity contribution in [1.29, 1.82) is 0 Å². The monoisotopic (exact) mass is 478 g/mol. The smallest absolute Gasteiger partial charge is 0.335 e. The van der Waals surface area contributed by atoms with Gasteiger partial charge in [-0.1, -0.05) is 18.2 Å². The lowest BCUT2D eigenvalue weighted by atomic mass is 10.0. The van der Waals surface area contributed by atoms with E-state index in [0.717, 1.165) is 35.6 Å². The molecule has 0 fully saturated rings. The molecule has 0 saturated heterocycles. The van der Waals surface area contributed by atoms with Crippen LogP contribution in [0, 0.1) is 0 Å². The van der Waals surface area contributed by atoms with Gasteiger partial charge in [0, 0.05) is 18.8 Å². The molecule has 0 unspecified atom stereocenters. The van der Waals surface area contributed by atoms with Crippen LogP contribution < -0.4 is 24.8 Å². The van der Waals surface area contributed by atoms with Gasteiger partial charge in [-0.15, -0.1) is 0 Å². The van der Waals surface area contributed by atoms with E-state index in [9.17, 15) is 15.0 Å². The van der Waals surface area contributed by atoms with Gasteiger partial charge in [0.05, 0.1) is 18.4 Å². The van der Waals surface area contributed by atoms with Crippen LogP contribution in [-0.2, 0) is 6.42 Å². The Morgan fingerprint density at radius 2 is 1.97 bits per heavy atom. The summed E-state index contributed by atoms with van der Waals surface area (Å²) in [5.41, 5.74) is 2.82. The molecule has 0 saturated carbocycles. The maximum atomic E-state index is 11.2. The predicted molar refractivity (Wildman–Crippen MR) is 133 cm³/mol. The van der Waals surface area contributed by atoms with Gasteiger partial charge in [-0.2, -0.15) is 0 Å². The van der Waals surface area contributed by atoms with Gasteiger partial charge in [-0.05, 0) is 66.9 Å². The Morgan fingerprint density at radius 3 is 2.74 bits per heavy atom. The number of benzene rings is 3. The zero-order chi connectivity index (χ0) is 24.6. The number of nitrogens with one attached hydrogen (secondary N) is 2. The van der Waals surface area contributed by atoms with Crippen molar-refractivity contribution in [3.8, 4) is 17.2 Å². The first kappa shape index (κ1) is 24.4. The number of anilines is 2. The number of hydrogen-bond donors (Lipinski definition) is 4. The SMILES string of the molecule is COc1cc(C(=O)O)ccc1Nc1ccc2c(c1)CC[C@H](CNC[C@H](O)COc1ccccc1)O2. The summed E-state index contributed by atoms with van der Waals surface area (Å²) in [6, 6.07) is 20.1. The van der Waals surface area contributed by atoms with Crippen LogP contribution >= 0.6 is 0 Å². The van der Waals surface area contributed by atoms with E-state index in [2.05, 4.69) is 10.6 Å². The highest BCUT2D eigenvalue weighted by Gasteiger charge is 2.20. The van der Waals surface area contributed by atoms with Crippen molar-refractivity contribution in [3.05, 3.63) is 77.9 Å². The molecule has 1 aliphatic heterocycles. The standard InChI is InChI=1S/C27H30N2O6/c1-33-26-14-19(27(31)32)8-11-24(26)29-20-9-12-25-18(13-20)7-10-23(35-25)16-28-15-21(30)17-34-22-5-3-2-4-6-22/h2-6,8-9,11-14,21,23,28-30H,7,10,15-17H2,1H3,(H,31,32)/t21-,23+/m0/s1. The molecule has 0 aromatic heterocycles. The highest BCUT2D eigenvalue weighted by Crippen LogP contribution is 2.33. The van der Waals surface area contributed by atoms with Gasteiger partial charge >= 0.3 is 5.97 Å². The molecule has 0 aliphatic carbocycles. The Balaban J connectivity index is 1.26. The van der Waals surface area contributed by atoms with Crippen LogP contribution in [0.3, 0.4) is 0 Å². The summed E-state index contributed by atoms with van der Waals surface area (Å²) in [4.78, 5) is 11.2. The van der Waals surface area contributed by atoms with Crippen LogP contribution in [0.5, 0.6) is 17.2 Å². The summed E-state index contributed by atoms with van der Waals surface area (Å²) < 4.78 is 17.1. The summed E-state index contributed by atoms with van der Waals surface area (Å²) in [7, 11) is 1.51. The Bertz CT molecular complexity index is 1140. The topological polar surface area (TPSA) is 109 Å². The third kappa shape index (κ3) is 6.65. The Kier molecular flexibility index (Phi) is 8.07. The minimum atomic E-state index is -1.00. The number of aromatic carboxylic acids is 1. The van der Waals surface area contributed by atoms with Crippen LogP contribution in [0.25, 0.3) is 0 Å². The number of fused-ring (bicyclic) bond motifs is 1. The van der Waals surface area contributed by atoms with Gasteiger partial charge in [-0.25, -0.2) is 4.79 Å². The van der Waals surface area contributed by atoms with Crippen molar-refractivity contribution in [2.24, 2.45) is 0 Å². The second-order valence-electron chi connectivity index (χ2n) is 8.38. The first-order valence-electron chi connectivity index (χ1n) is 11.6. The fourth-order valence-corrected chi connectivity index (χ4v) is 3.93. The minimum absolute atomic E-state index is 0.0206. The Hall–Kier alpha value is -3.75. The van der Waals surface area contributed by atoms with Gasteiger partial charge < -0.3 is 35.1 Å². The number of carboxylic acid groups (broad SMARTS) is 1. The molecule has 0 radical (unpaired) electrons. The number of hydrogen-bond acceptors (Lipinski definition) is 7. The maximum Gasteiger partial charge on any atom is 0.335 e. The van der Waals surface area contributed by atoms with Crippen molar-refractivity contribution < 1.29 is 29.2 Å². The van der Waals surface area contributed by atoms with Crippen LogP contribution in [0.15, 0.2) is 66.7 Å². The van der Waals surface area contributed by atoms with Crippen LogP contribution in [-0.4, -0.2) is 55.2 Å². The van der Waals surface area contributed by atoms with E-state index in [0.29, 0.717) is 24.5 Å². The second kappa shape index (κ2) is 11.6. The van der Waals surface area contributed by atoms with E-state index >= 15 is 0 Å². The number of rotatable bonds is 11. The third-order valence-corrected chi connectivity index (χ3v) is 5.75. The van der Waals surface area contributed by atoms with E-state index in [4.69, 9.17) is 14.2 Å². The third-order valence-electron chi connectivity index (χ3n) is 5.75. The van der Waals surface area contributed by atoms with Gasteiger partial charge in [0.2, 0.25) is 0 Å². The number of ether oxygens (including phenoxy) is 3. The summed E-state index contributed by atoms with van der Waals surface area (Å²) in [5, 5.41) is 25.9. The first-order valence-corrected chi connectivity index (χ1v) is 11.6. The molecule has 8 heteroatoms. The molecule has 3 aromatic rings. The van der Waals surface area contributed by atoms with Crippen molar-refractivity contribution in [1.82, 2.24) is 5.32 Å². The first-order chi connectivity index (χ1) is 17.0. The molecular weight excluding hydrogens is 448 g/mol. The number of carbonyl (C=O) groups is 1. The van der Waals surface area contributed by atoms with Gasteiger partial charge in [-0.3, -0.25) is 0 Å². The van der Waals surface area contributed by atoms with Crippen LogP contribution in [0.2, 0.25) is 0 Å². The quantitative estimate of drug-likeness (QED) is 0.329. The molecule has 0 amide bonds. The number of aliphatic hydroxyl groups is 1. The van der Waals surface area contributed by atoms with Gasteiger partial charge in [0.1, 0.15) is 36.1 Å². The van der Waals surface area contributed by atoms with E-state index < -0.39 is 12.1 Å². The molecule has 35 heavy (non-hydrogen) atoms. The molecule has 0 spiro atoms. The lowest BCUT2D eigenvalue weighted by Crippen LogP contribution is -2.39.